The van der Waals surface area contributed by atoms with Crippen molar-refractivity contribution in [3.05, 3.63) is 16.4 Å². The Bertz CT molecular complexity index is 444. The number of hydrogen-bond acceptors (Lipinski definition) is 5. The molecule has 3 N–H and O–H groups in total. The number of nitrogens with zero attached hydrogens (tertiary/aromatic N) is 2. The van der Waals surface area contributed by atoms with Gasteiger partial charge in [0.2, 0.25) is 5.95 Å². The first-order valence-electron chi connectivity index (χ1n) is 4.17. The molecule has 6 nitrogen and oxygen atoms in total. The first-order valence-corrected chi connectivity index (χ1v) is 4.97. The van der Waals surface area contributed by atoms with Gasteiger partial charge < -0.3 is 15.5 Å². The third-order valence-electron chi connectivity index (χ3n) is 1.63. The molecule has 0 aromatic carbocycles. The Morgan fingerprint density at radius 2 is 2.44 bits per heavy atom. The SMILES string of the molecule is C#CC(CO)Nc1ncc(Br)c(C(=O)O)n1. The summed E-state index contributed by atoms with van der Waals surface area (Å²) in [5, 5.41) is 20.2. The maximum Gasteiger partial charge on any atom is 0.355 e. The van der Waals surface area contributed by atoms with Crippen LogP contribution in [0.1, 0.15) is 10.5 Å². The maximum absolute atomic E-state index is 10.8. The average Bonchev–Trinajstić information content (AvgIpc) is 2.27. The summed E-state index contributed by atoms with van der Waals surface area (Å²) in [5.74, 6) is 1.13. The van der Waals surface area contributed by atoms with Crippen molar-refractivity contribution in [2.75, 3.05) is 11.9 Å². The minimum atomic E-state index is -1.18. The van der Waals surface area contributed by atoms with Gasteiger partial charge in [-0.05, 0) is 15.9 Å². The number of halogens is 1. The molecule has 0 spiro atoms. The quantitative estimate of drug-likeness (QED) is 0.691. The second kappa shape index (κ2) is 5.44. The molecule has 0 saturated heterocycles. The number of carboxylic acids is 1. The first-order chi connectivity index (χ1) is 7.58. The van der Waals surface area contributed by atoms with E-state index in [4.69, 9.17) is 16.6 Å². The van der Waals surface area contributed by atoms with E-state index in [1.54, 1.807) is 0 Å². The standard InChI is InChI=1S/C9H8BrN3O3/c1-2-5(4-14)12-9-11-3-6(10)7(13-9)8(15)16/h1,3,5,14H,4H2,(H,15,16)(H,11,12,13). The second-order valence-corrected chi connectivity index (χ2v) is 3.60. The van der Waals surface area contributed by atoms with E-state index in [1.165, 1.54) is 6.20 Å². The van der Waals surface area contributed by atoms with E-state index in [2.05, 4.69) is 37.1 Å². The number of aromatic nitrogens is 2. The number of rotatable bonds is 4. The molecule has 1 heterocycles. The molecule has 1 atom stereocenters. The van der Waals surface area contributed by atoms with Gasteiger partial charge in [-0.2, -0.15) is 0 Å². The second-order valence-electron chi connectivity index (χ2n) is 2.74. The number of carboxylic acid groups (broad SMARTS) is 1. The number of anilines is 1. The number of aliphatic hydroxyl groups is 1. The number of hydrogen-bond donors (Lipinski definition) is 3. The molecule has 16 heavy (non-hydrogen) atoms. The van der Waals surface area contributed by atoms with Gasteiger partial charge in [0.15, 0.2) is 5.69 Å². The minimum Gasteiger partial charge on any atom is -0.476 e. The van der Waals surface area contributed by atoms with Crippen LogP contribution in [0.15, 0.2) is 10.7 Å². The molecular weight excluding hydrogens is 278 g/mol. The molecule has 1 rings (SSSR count). The molecule has 0 radical (unpaired) electrons. The number of carbonyl (C=O) groups is 1. The first kappa shape index (κ1) is 12.4. The van der Waals surface area contributed by atoms with Crippen LogP contribution in [0, 0.1) is 12.3 Å². The monoisotopic (exact) mass is 285 g/mol. The molecule has 0 fully saturated rings. The maximum atomic E-state index is 10.8. The number of terminal acetylenes is 1. The number of aliphatic hydroxyl groups excluding tert-OH is 1. The smallest absolute Gasteiger partial charge is 0.355 e. The predicted molar refractivity (Wildman–Crippen MR) is 60.0 cm³/mol. The van der Waals surface area contributed by atoms with Crippen LogP contribution < -0.4 is 5.32 Å². The van der Waals surface area contributed by atoms with E-state index in [-0.39, 0.29) is 22.7 Å². The van der Waals surface area contributed by atoms with Gasteiger partial charge in [0, 0.05) is 6.20 Å². The molecule has 0 bridgehead atoms. The van der Waals surface area contributed by atoms with Crippen molar-refractivity contribution in [3.8, 4) is 12.3 Å². The lowest BCUT2D eigenvalue weighted by molar-refractivity contribution is 0.0689. The van der Waals surface area contributed by atoms with Crippen LogP contribution in [-0.4, -0.2) is 38.8 Å². The number of nitrogens with one attached hydrogen (secondary N) is 1. The zero-order valence-corrected chi connectivity index (χ0v) is 9.60. The van der Waals surface area contributed by atoms with Gasteiger partial charge in [-0.3, -0.25) is 0 Å². The highest BCUT2D eigenvalue weighted by Gasteiger charge is 2.13. The Balaban J connectivity index is 2.96. The molecule has 0 aliphatic rings. The fourth-order valence-corrected chi connectivity index (χ4v) is 1.24. The summed E-state index contributed by atoms with van der Waals surface area (Å²) in [5.41, 5.74) is -0.175. The Morgan fingerprint density at radius 1 is 1.75 bits per heavy atom. The molecule has 1 unspecified atom stereocenters. The summed E-state index contributed by atoms with van der Waals surface area (Å²) in [6.07, 6.45) is 6.40. The summed E-state index contributed by atoms with van der Waals surface area (Å²) >= 11 is 3.01. The summed E-state index contributed by atoms with van der Waals surface area (Å²) in [7, 11) is 0. The predicted octanol–water partition coefficient (Wildman–Crippen LogP) is 0.343. The van der Waals surface area contributed by atoms with E-state index in [1.807, 2.05) is 0 Å². The van der Waals surface area contributed by atoms with Crippen LogP contribution in [-0.2, 0) is 0 Å². The molecule has 84 valence electrons. The van der Waals surface area contributed by atoms with Crippen molar-refractivity contribution in [2.24, 2.45) is 0 Å². The van der Waals surface area contributed by atoms with Crippen molar-refractivity contribution < 1.29 is 15.0 Å². The van der Waals surface area contributed by atoms with E-state index in [9.17, 15) is 4.79 Å². The van der Waals surface area contributed by atoms with Crippen LogP contribution >= 0.6 is 15.9 Å². The Hall–Kier alpha value is -1.65. The van der Waals surface area contributed by atoms with Crippen LogP contribution in [0.5, 0.6) is 0 Å². The molecule has 7 heteroatoms. The van der Waals surface area contributed by atoms with Crippen LogP contribution in [0.4, 0.5) is 5.95 Å². The normalized spacial score (nSPS) is 11.6. The zero-order chi connectivity index (χ0) is 12.1. The van der Waals surface area contributed by atoms with E-state index < -0.39 is 12.0 Å². The Morgan fingerprint density at radius 3 is 2.94 bits per heavy atom. The molecule has 0 saturated carbocycles. The lowest BCUT2D eigenvalue weighted by Crippen LogP contribution is -2.23. The van der Waals surface area contributed by atoms with Crippen LogP contribution in [0.25, 0.3) is 0 Å². The third kappa shape index (κ3) is 2.92. The summed E-state index contributed by atoms with van der Waals surface area (Å²) < 4.78 is 0.270. The van der Waals surface area contributed by atoms with Crippen molar-refractivity contribution >= 4 is 27.8 Å². The van der Waals surface area contributed by atoms with E-state index in [0.29, 0.717) is 0 Å². The molecule has 0 aliphatic heterocycles. The lowest BCUT2D eigenvalue weighted by atomic mass is 10.3. The fraction of sp³-hybridized carbons (Fsp3) is 0.222. The minimum absolute atomic E-state index is 0.0533. The summed E-state index contributed by atoms with van der Waals surface area (Å²) in [6, 6.07) is -0.650. The summed E-state index contributed by atoms with van der Waals surface area (Å²) in [4.78, 5) is 18.3. The summed E-state index contributed by atoms with van der Waals surface area (Å²) in [6.45, 7) is -0.293. The third-order valence-corrected chi connectivity index (χ3v) is 2.21. The van der Waals surface area contributed by atoms with Crippen LogP contribution in [0.2, 0.25) is 0 Å². The van der Waals surface area contributed by atoms with Gasteiger partial charge in [-0.25, -0.2) is 14.8 Å². The molecule has 1 aromatic heterocycles. The van der Waals surface area contributed by atoms with E-state index in [0.717, 1.165) is 0 Å². The van der Waals surface area contributed by atoms with Gasteiger partial charge >= 0.3 is 5.97 Å². The Kier molecular flexibility index (Phi) is 4.22. The fourth-order valence-electron chi connectivity index (χ4n) is 0.883. The van der Waals surface area contributed by atoms with Gasteiger partial charge in [-0.15, -0.1) is 6.42 Å². The van der Waals surface area contributed by atoms with Crippen molar-refractivity contribution in [3.63, 3.8) is 0 Å². The van der Waals surface area contributed by atoms with Gasteiger partial charge in [0.05, 0.1) is 11.1 Å². The molecule has 0 amide bonds. The number of aromatic carboxylic acids is 1. The highest BCUT2D eigenvalue weighted by molar-refractivity contribution is 9.10. The topological polar surface area (TPSA) is 95.3 Å². The highest BCUT2D eigenvalue weighted by Crippen LogP contribution is 2.15. The van der Waals surface area contributed by atoms with Crippen molar-refractivity contribution in [1.29, 1.82) is 0 Å². The van der Waals surface area contributed by atoms with Gasteiger partial charge in [-0.1, -0.05) is 5.92 Å². The zero-order valence-electron chi connectivity index (χ0n) is 8.01. The highest BCUT2D eigenvalue weighted by atomic mass is 79.9. The molecule has 1 aromatic rings. The molecule has 0 aliphatic carbocycles. The van der Waals surface area contributed by atoms with Crippen LogP contribution in [0.3, 0.4) is 0 Å². The van der Waals surface area contributed by atoms with E-state index >= 15 is 0 Å². The largest absolute Gasteiger partial charge is 0.476 e. The molecular formula is C9H8BrN3O3. The lowest BCUT2D eigenvalue weighted by Gasteiger charge is -2.10. The Labute approximate surface area is 99.9 Å². The van der Waals surface area contributed by atoms with Gasteiger partial charge in [0.1, 0.15) is 6.04 Å². The average molecular weight is 286 g/mol. The van der Waals surface area contributed by atoms with Crippen molar-refractivity contribution in [1.82, 2.24) is 9.97 Å². The van der Waals surface area contributed by atoms with Crippen molar-refractivity contribution in [2.45, 2.75) is 6.04 Å². The van der Waals surface area contributed by atoms with Gasteiger partial charge in [0.25, 0.3) is 0 Å².